The summed E-state index contributed by atoms with van der Waals surface area (Å²) in [6, 6.07) is 0. The van der Waals surface area contributed by atoms with Gasteiger partial charge in [-0.05, 0) is 0 Å². The molecule has 3 heterocycles. The molecule has 0 aromatic heterocycles. The topological polar surface area (TPSA) is 242 Å². The van der Waals surface area contributed by atoms with E-state index in [0.29, 0.717) is 0 Å². The number of carbonyl (C=O) groups excluding carboxylic acids is 2. The van der Waals surface area contributed by atoms with Gasteiger partial charge in [-0.2, -0.15) is 0 Å². The fourth-order valence-electron chi connectivity index (χ4n) is 2.99. The average molecular weight is 458 g/mol. The van der Waals surface area contributed by atoms with Gasteiger partial charge in [-0.3, -0.25) is 0 Å². The fourth-order valence-corrected chi connectivity index (χ4v) is 2.99. The van der Waals surface area contributed by atoms with Crippen molar-refractivity contribution in [3.63, 3.8) is 0 Å². The Hall–Kier alpha value is -1.50. The van der Waals surface area contributed by atoms with Crippen LogP contribution in [0, 0.1) is 0 Å². The molecule has 0 spiro atoms. The van der Waals surface area contributed by atoms with E-state index < -0.39 is 86.6 Å². The first-order chi connectivity index (χ1) is 14.6. The Morgan fingerprint density at radius 2 is 1.35 bits per heavy atom. The van der Waals surface area contributed by atoms with Gasteiger partial charge in [-0.25, -0.2) is 9.59 Å². The Morgan fingerprint density at radius 3 is 1.77 bits per heavy atom. The number of ether oxygens (including phenoxy) is 5. The lowest BCUT2D eigenvalue weighted by molar-refractivity contribution is -0.383. The van der Waals surface area contributed by atoms with Crippen LogP contribution < -0.4 is 0 Å². The van der Waals surface area contributed by atoms with Crippen molar-refractivity contribution < 1.29 is 74.1 Å². The number of hydrogen-bond acceptors (Lipinski definition) is 15. The van der Waals surface area contributed by atoms with Crippen molar-refractivity contribution in [1.82, 2.24) is 0 Å². The summed E-state index contributed by atoms with van der Waals surface area (Å²) >= 11 is 0. The van der Waals surface area contributed by atoms with Crippen LogP contribution >= 0.6 is 0 Å². The van der Waals surface area contributed by atoms with Crippen LogP contribution in [0.4, 0.5) is 0 Å². The summed E-state index contributed by atoms with van der Waals surface area (Å²) in [7, 11) is 0. The predicted octanol–water partition coefficient (Wildman–Crippen LogP) is -6.31. The first kappa shape index (κ1) is 25.8. The Labute approximate surface area is 174 Å². The SMILES string of the molecule is O=C1COC(=O)CO1.OC[C@H]1O[C@@](CO)(O[C@H]2O[C@H](CO)[C@@H](O)[C@H](O)[C@H]2O)[C@@H](O)[C@@H]1O. The summed E-state index contributed by atoms with van der Waals surface area (Å²) < 4.78 is 24.0. The molecule has 15 nitrogen and oxygen atoms in total. The van der Waals surface area contributed by atoms with Crippen molar-refractivity contribution in [3.05, 3.63) is 0 Å². The molecule has 180 valence electrons. The van der Waals surface area contributed by atoms with E-state index in [2.05, 4.69) is 9.47 Å². The van der Waals surface area contributed by atoms with Crippen LogP contribution in [0.15, 0.2) is 0 Å². The maximum Gasteiger partial charge on any atom is 0.344 e. The normalized spacial score (nSPS) is 43.0. The molecule has 31 heavy (non-hydrogen) atoms. The van der Waals surface area contributed by atoms with E-state index in [-0.39, 0.29) is 13.2 Å². The lowest BCUT2D eigenvalue weighted by Crippen LogP contribution is -2.62. The van der Waals surface area contributed by atoms with Crippen molar-refractivity contribution in [2.45, 2.75) is 54.8 Å². The van der Waals surface area contributed by atoms with E-state index in [9.17, 15) is 40.2 Å². The minimum absolute atomic E-state index is 0.237. The van der Waals surface area contributed by atoms with E-state index in [0.717, 1.165) is 0 Å². The number of aliphatic hydroxyl groups is 8. The van der Waals surface area contributed by atoms with Gasteiger partial charge in [0.25, 0.3) is 0 Å². The number of rotatable bonds is 5. The first-order valence-corrected chi connectivity index (χ1v) is 9.15. The quantitative estimate of drug-likeness (QED) is 0.179. The molecule has 0 saturated carbocycles. The lowest BCUT2D eigenvalue weighted by atomic mass is 9.99. The highest BCUT2D eigenvalue weighted by molar-refractivity contribution is 5.82. The van der Waals surface area contributed by atoms with Gasteiger partial charge in [0.1, 0.15) is 49.3 Å². The van der Waals surface area contributed by atoms with E-state index in [1.165, 1.54) is 0 Å². The van der Waals surface area contributed by atoms with Crippen LogP contribution in [0.25, 0.3) is 0 Å². The molecule has 0 radical (unpaired) electrons. The number of esters is 2. The molecule has 0 bridgehead atoms. The fraction of sp³-hybridized carbons (Fsp3) is 0.875. The number of aliphatic hydroxyl groups excluding tert-OH is 8. The summed E-state index contributed by atoms with van der Waals surface area (Å²) in [5, 5.41) is 76.7. The predicted molar refractivity (Wildman–Crippen MR) is 90.6 cm³/mol. The standard InChI is InChI=1S/C12H22O11.C4H4O4/c13-1-4-6(16)8(18)9(19)11(21-4)23-12(3-15)10(20)7(17)5(2-14)22-12;5-3-1-7-4(6)2-8-3/h4-11,13-20H,1-3H2;1-2H2/t4-,5-,6-,7-,8+,9-,10+,11-,12+;/m1./s1. The van der Waals surface area contributed by atoms with Gasteiger partial charge >= 0.3 is 11.9 Å². The van der Waals surface area contributed by atoms with Crippen LogP contribution in [0.3, 0.4) is 0 Å². The first-order valence-electron chi connectivity index (χ1n) is 9.15. The molecular weight excluding hydrogens is 432 g/mol. The zero-order chi connectivity index (χ0) is 23.3. The molecular formula is C16H26O15. The largest absolute Gasteiger partial charge is 0.451 e. The number of hydrogen-bond donors (Lipinski definition) is 8. The minimum Gasteiger partial charge on any atom is -0.451 e. The molecule has 3 aliphatic rings. The maximum atomic E-state index is 10.1. The van der Waals surface area contributed by atoms with E-state index in [1.54, 1.807) is 0 Å². The van der Waals surface area contributed by atoms with Gasteiger partial charge in [0.05, 0.1) is 13.2 Å². The summed E-state index contributed by atoms with van der Waals surface area (Å²) in [6.45, 7) is -2.80. The van der Waals surface area contributed by atoms with Crippen LogP contribution in [-0.2, 0) is 33.3 Å². The van der Waals surface area contributed by atoms with E-state index in [1.807, 2.05) is 0 Å². The molecule has 9 atom stereocenters. The molecule has 0 unspecified atom stereocenters. The average Bonchev–Trinajstić information content (AvgIpc) is 3.01. The monoisotopic (exact) mass is 458 g/mol. The summed E-state index contributed by atoms with van der Waals surface area (Å²) in [5.74, 6) is -3.19. The summed E-state index contributed by atoms with van der Waals surface area (Å²) in [6.07, 6.45) is -12.7. The zero-order valence-corrected chi connectivity index (χ0v) is 16.1. The molecule has 15 heteroatoms. The van der Waals surface area contributed by atoms with Crippen molar-refractivity contribution in [3.8, 4) is 0 Å². The molecule has 3 fully saturated rings. The molecule has 3 aliphatic heterocycles. The molecule has 8 N–H and O–H groups in total. The molecule has 3 saturated heterocycles. The molecule has 0 aliphatic carbocycles. The van der Waals surface area contributed by atoms with Crippen LogP contribution in [-0.4, -0.2) is 141 Å². The zero-order valence-electron chi connectivity index (χ0n) is 16.1. The van der Waals surface area contributed by atoms with Crippen LogP contribution in [0.2, 0.25) is 0 Å². The summed E-state index contributed by atoms with van der Waals surface area (Å²) in [5.41, 5.74) is 0. The van der Waals surface area contributed by atoms with E-state index in [4.69, 9.17) is 24.4 Å². The van der Waals surface area contributed by atoms with Gasteiger partial charge in [0.15, 0.2) is 19.5 Å². The minimum atomic E-state index is -2.22. The Kier molecular flexibility index (Phi) is 9.04. The highest BCUT2D eigenvalue weighted by Gasteiger charge is 2.58. The second-order valence-electron chi connectivity index (χ2n) is 6.88. The smallest absolute Gasteiger partial charge is 0.344 e. The van der Waals surface area contributed by atoms with Gasteiger partial charge < -0.3 is 64.5 Å². The van der Waals surface area contributed by atoms with Crippen LogP contribution in [0.1, 0.15) is 0 Å². The summed E-state index contributed by atoms with van der Waals surface area (Å²) in [4.78, 5) is 20.2. The highest BCUT2D eigenvalue weighted by atomic mass is 16.8. The Bertz CT molecular complexity index is 586. The molecule has 0 aromatic carbocycles. The number of cyclic esters (lactones) is 2. The lowest BCUT2D eigenvalue weighted by Gasteiger charge is -2.43. The van der Waals surface area contributed by atoms with Crippen molar-refractivity contribution in [2.24, 2.45) is 0 Å². The molecule has 0 amide bonds. The third-order valence-corrected chi connectivity index (χ3v) is 4.77. The van der Waals surface area contributed by atoms with Gasteiger partial charge in [0, 0.05) is 0 Å². The molecule has 0 aromatic rings. The third-order valence-electron chi connectivity index (χ3n) is 4.77. The van der Waals surface area contributed by atoms with E-state index >= 15 is 0 Å². The van der Waals surface area contributed by atoms with Gasteiger partial charge in [0.2, 0.25) is 5.79 Å². The highest BCUT2D eigenvalue weighted by Crippen LogP contribution is 2.35. The maximum absolute atomic E-state index is 10.1. The molecule has 3 rings (SSSR count). The van der Waals surface area contributed by atoms with Gasteiger partial charge in [-0.15, -0.1) is 0 Å². The van der Waals surface area contributed by atoms with Crippen molar-refractivity contribution in [1.29, 1.82) is 0 Å². The Morgan fingerprint density at radius 1 is 0.806 bits per heavy atom. The van der Waals surface area contributed by atoms with Crippen LogP contribution in [0.5, 0.6) is 0 Å². The number of carbonyl (C=O) groups is 2. The Balaban J connectivity index is 0.000000357. The third kappa shape index (κ3) is 5.65. The van der Waals surface area contributed by atoms with Crippen molar-refractivity contribution >= 4 is 11.9 Å². The van der Waals surface area contributed by atoms with Gasteiger partial charge in [-0.1, -0.05) is 0 Å². The second kappa shape index (κ2) is 10.9. The second-order valence-corrected chi connectivity index (χ2v) is 6.88. The van der Waals surface area contributed by atoms with Crippen molar-refractivity contribution in [2.75, 3.05) is 33.0 Å².